The van der Waals surface area contributed by atoms with E-state index in [4.69, 9.17) is 10.5 Å². The summed E-state index contributed by atoms with van der Waals surface area (Å²) in [5.41, 5.74) is 7.31. The van der Waals surface area contributed by atoms with Crippen LogP contribution in [0.4, 0.5) is 5.69 Å². The van der Waals surface area contributed by atoms with E-state index < -0.39 is 0 Å². The van der Waals surface area contributed by atoms with Crippen molar-refractivity contribution < 1.29 is 9.53 Å². The van der Waals surface area contributed by atoms with Crippen LogP contribution in [-0.4, -0.2) is 19.1 Å². The summed E-state index contributed by atoms with van der Waals surface area (Å²) >= 11 is 1.40. The van der Waals surface area contributed by atoms with E-state index in [0.717, 1.165) is 28.4 Å². The Kier molecular flexibility index (Phi) is 3.97. The average Bonchev–Trinajstić information content (AvgIpc) is 2.88. The van der Waals surface area contributed by atoms with Crippen molar-refractivity contribution in [2.24, 2.45) is 5.73 Å². The molecule has 0 aliphatic carbocycles. The molecule has 3 N–H and O–H groups in total. The molecule has 0 fully saturated rings. The van der Waals surface area contributed by atoms with Crippen LogP contribution in [0, 0.1) is 0 Å². The summed E-state index contributed by atoms with van der Waals surface area (Å²) in [4.78, 5) is 12.7. The van der Waals surface area contributed by atoms with Crippen LogP contribution in [0.5, 0.6) is 5.75 Å². The largest absolute Gasteiger partial charge is 0.490 e. The number of nitrogens with two attached hydrogens (primary N) is 1. The summed E-state index contributed by atoms with van der Waals surface area (Å²) < 4.78 is 5.52. The molecule has 0 bridgehead atoms. The minimum Gasteiger partial charge on any atom is -0.490 e. The summed E-state index contributed by atoms with van der Waals surface area (Å²) in [6.07, 6.45) is 0. The van der Waals surface area contributed by atoms with Gasteiger partial charge in [0, 0.05) is 11.4 Å². The molecule has 3 rings (SSSR count). The lowest BCUT2D eigenvalue weighted by Crippen LogP contribution is -2.17. The molecule has 1 aromatic heterocycles. The Labute approximate surface area is 121 Å². The summed E-state index contributed by atoms with van der Waals surface area (Å²) in [6, 6.07) is 9.63. The molecule has 1 amide bonds. The van der Waals surface area contributed by atoms with Crippen molar-refractivity contribution in [3.05, 3.63) is 35.2 Å². The molecule has 0 saturated carbocycles. The van der Waals surface area contributed by atoms with Gasteiger partial charge in [-0.1, -0.05) is 0 Å². The van der Waals surface area contributed by atoms with Gasteiger partial charge >= 0.3 is 0 Å². The zero-order valence-electron chi connectivity index (χ0n) is 10.0. The number of rotatable bonds is 2. The molecule has 19 heavy (non-hydrogen) atoms. The van der Waals surface area contributed by atoms with Crippen LogP contribution in [0.1, 0.15) is 9.67 Å². The van der Waals surface area contributed by atoms with Gasteiger partial charge in [-0.2, -0.15) is 0 Å². The third-order valence-electron chi connectivity index (χ3n) is 2.79. The van der Waals surface area contributed by atoms with Gasteiger partial charge in [-0.05, 0) is 35.9 Å². The molecular formula is C13H13ClN2O2S. The second-order valence-electron chi connectivity index (χ2n) is 4.01. The molecule has 100 valence electrons. The van der Waals surface area contributed by atoms with Gasteiger partial charge in [-0.15, -0.1) is 23.7 Å². The van der Waals surface area contributed by atoms with Crippen LogP contribution < -0.4 is 15.8 Å². The second kappa shape index (κ2) is 5.50. The van der Waals surface area contributed by atoms with Crippen LogP contribution in [0.15, 0.2) is 30.3 Å². The number of carbonyl (C=O) groups excluding carboxylic acids is 1. The van der Waals surface area contributed by atoms with Gasteiger partial charge in [-0.25, -0.2) is 0 Å². The Hall–Kier alpha value is -1.72. The lowest BCUT2D eigenvalue weighted by molar-refractivity contribution is 0.100. The molecule has 0 radical (unpaired) electrons. The number of benzene rings is 1. The highest BCUT2D eigenvalue weighted by Gasteiger charge is 2.12. The molecular weight excluding hydrogens is 284 g/mol. The number of hydrogen-bond acceptors (Lipinski definition) is 4. The number of anilines is 1. The van der Waals surface area contributed by atoms with E-state index in [1.165, 1.54) is 11.3 Å². The number of amides is 1. The van der Waals surface area contributed by atoms with Crippen molar-refractivity contribution in [3.8, 4) is 16.2 Å². The fourth-order valence-corrected chi connectivity index (χ4v) is 2.77. The van der Waals surface area contributed by atoms with Crippen LogP contribution in [0.25, 0.3) is 10.4 Å². The summed E-state index contributed by atoms with van der Waals surface area (Å²) in [5.74, 6) is 0.488. The van der Waals surface area contributed by atoms with Crippen molar-refractivity contribution in [3.63, 3.8) is 0 Å². The van der Waals surface area contributed by atoms with E-state index in [-0.39, 0.29) is 18.3 Å². The molecule has 4 nitrogen and oxygen atoms in total. The molecule has 0 unspecified atom stereocenters. The van der Waals surface area contributed by atoms with Crippen molar-refractivity contribution in [2.75, 3.05) is 18.5 Å². The van der Waals surface area contributed by atoms with Gasteiger partial charge in [0.15, 0.2) is 0 Å². The standard InChI is InChI=1S/C13H12N2O2S.ClH/c14-13(16)12-4-3-11(18-12)8-1-2-10-9(7-8)15-5-6-17-10;/h1-4,7,15H,5-6H2,(H2,14,16);1H. The molecule has 0 spiro atoms. The van der Waals surface area contributed by atoms with E-state index in [2.05, 4.69) is 5.32 Å². The van der Waals surface area contributed by atoms with Crippen LogP contribution in [0.3, 0.4) is 0 Å². The molecule has 1 aromatic carbocycles. The first kappa shape index (κ1) is 13.7. The maximum atomic E-state index is 11.1. The third kappa shape index (κ3) is 2.67. The highest BCUT2D eigenvalue weighted by atomic mass is 35.5. The summed E-state index contributed by atoms with van der Waals surface area (Å²) in [7, 11) is 0. The van der Waals surface area contributed by atoms with E-state index in [1.807, 2.05) is 24.3 Å². The smallest absolute Gasteiger partial charge is 0.258 e. The monoisotopic (exact) mass is 296 g/mol. The van der Waals surface area contributed by atoms with Gasteiger partial charge in [0.2, 0.25) is 0 Å². The number of fused-ring (bicyclic) bond motifs is 1. The number of hydrogen-bond donors (Lipinski definition) is 2. The van der Waals surface area contributed by atoms with Crippen molar-refractivity contribution in [2.45, 2.75) is 0 Å². The lowest BCUT2D eigenvalue weighted by atomic mass is 10.1. The maximum Gasteiger partial charge on any atom is 0.258 e. The van der Waals surface area contributed by atoms with E-state index in [0.29, 0.717) is 11.5 Å². The van der Waals surface area contributed by atoms with Crippen LogP contribution >= 0.6 is 23.7 Å². The first-order chi connectivity index (χ1) is 8.74. The van der Waals surface area contributed by atoms with Gasteiger partial charge in [0.05, 0.1) is 10.6 Å². The second-order valence-corrected chi connectivity index (χ2v) is 5.10. The van der Waals surface area contributed by atoms with Gasteiger partial charge < -0.3 is 15.8 Å². The Morgan fingerprint density at radius 2 is 2.16 bits per heavy atom. The highest BCUT2D eigenvalue weighted by Crippen LogP contribution is 2.35. The molecule has 2 aromatic rings. The topological polar surface area (TPSA) is 64.4 Å². The average molecular weight is 297 g/mol. The number of ether oxygens (including phenoxy) is 1. The van der Waals surface area contributed by atoms with E-state index in [9.17, 15) is 4.79 Å². The maximum absolute atomic E-state index is 11.1. The molecule has 1 aliphatic rings. The number of thiophene rings is 1. The Morgan fingerprint density at radius 1 is 1.32 bits per heavy atom. The summed E-state index contributed by atoms with van der Waals surface area (Å²) in [6.45, 7) is 1.50. The van der Waals surface area contributed by atoms with Crippen LogP contribution in [0.2, 0.25) is 0 Å². The number of nitrogens with one attached hydrogen (secondary N) is 1. The number of carbonyl (C=O) groups is 1. The summed E-state index contributed by atoms with van der Waals surface area (Å²) in [5, 5.41) is 3.29. The fourth-order valence-electron chi connectivity index (χ4n) is 1.92. The van der Waals surface area contributed by atoms with Crippen molar-refractivity contribution in [1.29, 1.82) is 0 Å². The zero-order chi connectivity index (χ0) is 12.5. The minimum absolute atomic E-state index is 0. The Bertz CT molecular complexity index is 612. The van der Waals surface area contributed by atoms with Gasteiger partial charge in [-0.3, -0.25) is 4.79 Å². The lowest BCUT2D eigenvalue weighted by Gasteiger charge is -2.19. The first-order valence-electron chi connectivity index (χ1n) is 5.65. The molecule has 6 heteroatoms. The van der Waals surface area contributed by atoms with Crippen LogP contribution in [-0.2, 0) is 0 Å². The van der Waals surface area contributed by atoms with Crippen molar-refractivity contribution in [1.82, 2.24) is 0 Å². The third-order valence-corrected chi connectivity index (χ3v) is 3.94. The van der Waals surface area contributed by atoms with Crippen molar-refractivity contribution >= 4 is 35.3 Å². The Morgan fingerprint density at radius 3 is 2.89 bits per heavy atom. The van der Waals surface area contributed by atoms with Gasteiger partial charge in [0.1, 0.15) is 12.4 Å². The minimum atomic E-state index is -0.384. The predicted octanol–water partition coefficient (Wildman–Crippen LogP) is 2.74. The van der Waals surface area contributed by atoms with Gasteiger partial charge in [0.25, 0.3) is 5.91 Å². The molecule has 1 aliphatic heterocycles. The molecule has 0 saturated heterocycles. The normalized spacial score (nSPS) is 12.6. The highest BCUT2D eigenvalue weighted by molar-refractivity contribution is 7.17. The van der Waals surface area contributed by atoms with E-state index >= 15 is 0 Å². The molecule has 2 heterocycles. The van der Waals surface area contributed by atoms with E-state index in [1.54, 1.807) is 6.07 Å². The number of halogens is 1. The zero-order valence-corrected chi connectivity index (χ0v) is 11.6. The quantitative estimate of drug-likeness (QED) is 0.895. The fraction of sp³-hybridized carbons (Fsp3) is 0.154. The first-order valence-corrected chi connectivity index (χ1v) is 6.46. The predicted molar refractivity (Wildman–Crippen MR) is 79.5 cm³/mol. The number of primary amides is 1. The molecule has 0 atom stereocenters. The SMILES string of the molecule is Cl.NC(=O)c1ccc(-c2ccc3c(c2)NCCO3)s1. The Balaban J connectivity index is 0.00000133.